The molecule has 3 N–H and O–H groups in total. The lowest BCUT2D eigenvalue weighted by molar-refractivity contribution is -0.125. The highest BCUT2D eigenvalue weighted by Gasteiger charge is 2.35. The fraction of sp³-hybridized carbons (Fsp3) is 0.409. The first-order valence-corrected chi connectivity index (χ1v) is 10.3. The molecule has 2 aromatic heterocycles. The van der Waals surface area contributed by atoms with Gasteiger partial charge in [0.1, 0.15) is 5.75 Å². The number of benzene rings is 1. The van der Waals surface area contributed by atoms with Crippen molar-refractivity contribution in [2.24, 2.45) is 11.8 Å². The summed E-state index contributed by atoms with van der Waals surface area (Å²) in [5, 5.41) is 11.9. The summed E-state index contributed by atoms with van der Waals surface area (Å²) < 4.78 is 7.19. The van der Waals surface area contributed by atoms with E-state index in [0.717, 1.165) is 29.2 Å². The van der Waals surface area contributed by atoms with E-state index in [4.69, 9.17) is 4.74 Å². The van der Waals surface area contributed by atoms with Crippen LogP contribution in [-0.4, -0.2) is 34.2 Å². The van der Waals surface area contributed by atoms with Gasteiger partial charge in [0.2, 0.25) is 5.91 Å². The average Bonchev–Trinajstić information content (AvgIpc) is 3.40. The highest BCUT2D eigenvalue weighted by atomic mass is 16.5. The summed E-state index contributed by atoms with van der Waals surface area (Å²) in [5.41, 5.74) is 8.18. The lowest BCUT2D eigenvalue weighted by atomic mass is 9.93. The molecule has 0 saturated carbocycles. The number of hydrogen-bond donors (Lipinski definition) is 3. The first kappa shape index (κ1) is 20.3. The van der Waals surface area contributed by atoms with Crippen molar-refractivity contribution in [3.8, 4) is 5.75 Å². The third-order valence-electron chi connectivity index (χ3n) is 5.47. The second kappa shape index (κ2) is 8.81. The van der Waals surface area contributed by atoms with Crippen molar-refractivity contribution in [3.05, 3.63) is 60.0 Å². The SMILES string of the molecule is COc1ccc(C2NNCC2C(=O)NC(CC(C)C)c2nnc3ccccn23)cc1. The Bertz CT molecular complexity index is 1000. The number of fused-ring (bicyclic) bond motifs is 1. The van der Waals surface area contributed by atoms with E-state index in [9.17, 15) is 4.79 Å². The van der Waals surface area contributed by atoms with Crippen LogP contribution in [0, 0.1) is 11.8 Å². The molecule has 8 heteroatoms. The van der Waals surface area contributed by atoms with E-state index in [1.165, 1.54) is 0 Å². The van der Waals surface area contributed by atoms with Gasteiger partial charge in [0.25, 0.3) is 0 Å². The molecule has 1 aliphatic rings. The van der Waals surface area contributed by atoms with E-state index in [1.54, 1.807) is 7.11 Å². The second-order valence-electron chi connectivity index (χ2n) is 8.06. The standard InChI is InChI=1S/C22H28N6O2/c1-14(2)12-18(21-27-25-19-6-4-5-11-28(19)21)24-22(29)17-13-23-26-20(17)15-7-9-16(30-3)10-8-15/h4-11,14,17-18,20,23,26H,12-13H2,1-3H3,(H,24,29). The third kappa shape index (κ3) is 4.15. The molecule has 0 spiro atoms. The Balaban J connectivity index is 1.55. The smallest absolute Gasteiger partial charge is 0.227 e. The van der Waals surface area contributed by atoms with E-state index in [2.05, 4.69) is 40.2 Å². The molecule has 4 rings (SSSR count). The van der Waals surface area contributed by atoms with Crippen LogP contribution in [0.4, 0.5) is 0 Å². The normalized spacial score (nSPS) is 19.9. The summed E-state index contributed by atoms with van der Waals surface area (Å²) in [4.78, 5) is 13.3. The largest absolute Gasteiger partial charge is 0.497 e. The molecule has 3 heterocycles. The Hall–Kier alpha value is -2.97. The van der Waals surface area contributed by atoms with Gasteiger partial charge in [0.15, 0.2) is 11.5 Å². The van der Waals surface area contributed by atoms with Crippen molar-refractivity contribution in [2.45, 2.75) is 32.4 Å². The summed E-state index contributed by atoms with van der Waals surface area (Å²) in [6.45, 7) is 4.83. The summed E-state index contributed by atoms with van der Waals surface area (Å²) in [7, 11) is 1.64. The topological polar surface area (TPSA) is 92.6 Å². The molecule has 1 amide bonds. The maximum absolute atomic E-state index is 13.3. The molecule has 0 radical (unpaired) electrons. The first-order chi connectivity index (χ1) is 14.6. The fourth-order valence-corrected chi connectivity index (χ4v) is 3.94. The molecule has 1 saturated heterocycles. The van der Waals surface area contributed by atoms with Gasteiger partial charge in [-0.25, -0.2) is 5.43 Å². The second-order valence-corrected chi connectivity index (χ2v) is 8.06. The molecule has 158 valence electrons. The number of pyridine rings is 1. The number of carbonyl (C=O) groups is 1. The Kier molecular flexibility index (Phi) is 5.96. The zero-order chi connectivity index (χ0) is 21.1. The molecule has 3 unspecified atom stereocenters. The van der Waals surface area contributed by atoms with Gasteiger partial charge in [-0.3, -0.25) is 14.6 Å². The number of rotatable bonds is 7. The molecule has 0 bridgehead atoms. The van der Waals surface area contributed by atoms with Crippen LogP contribution < -0.4 is 20.9 Å². The van der Waals surface area contributed by atoms with Crippen LogP contribution in [-0.2, 0) is 4.79 Å². The minimum absolute atomic E-state index is 0.00773. The predicted molar refractivity (Wildman–Crippen MR) is 114 cm³/mol. The zero-order valence-electron chi connectivity index (χ0n) is 17.5. The molecule has 0 aliphatic carbocycles. The predicted octanol–water partition coefficient (Wildman–Crippen LogP) is 2.41. The Morgan fingerprint density at radius 3 is 2.77 bits per heavy atom. The van der Waals surface area contributed by atoms with Crippen LogP contribution in [0.1, 0.15) is 43.7 Å². The lowest BCUT2D eigenvalue weighted by Crippen LogP contribution is -2.38. The molecule has 30 heavy (non-hydrogen) atoms. The highest BCUT2D eigenvalue weighted by Crippen LogP contribution is 2.28. The number of aromatic nitrogens is 3. The van der Waals surface area contributed by atoms with E-state index >= 15 is 0 Å². The number of hydrazine groups is 1. The minimum Gasteiger partial charge on any atom is -0.497 e. The van der Waals surface area contributed by atoms with E-state index in [1.807, 2.05) is 53.1 Å². The Morgan fingerprint density at radius 1 is 1.23 bits per heavy atom. The van der Waals surface area contributed by atoms with Crippen molar-refractivity contribution >= 4 is 11.6 Å². The van der Waals surface area contributed by atoms with Gasteiger partial charge in [0, 0.05) is 12.7 Å². The van der Waals surface area contributed by atoms with Gasteiger partial charge in [-0.2, -0.15) is 0 Å². The molecule has 8 nitrogen and oxygen atoms in total. The average molecular weight is 409 g/mol. The Labute approximate surface area is 176 Å². The van der Waals surface area contributed by atoms with E-state index in [0.29, 0.717) is 12.5 Å². The van der Waals surface area contributed by atoms with Gasteiger partial charge >= 0.3 is 0 Å². The van der Waals surface area contributed by atoms with Crippen molar-refractivity contribution in [1.29, 1.82) is 0 Å². The lowest BCUT2D eigenvalue weighted by Gasteiger charge is -2.24. The van der Waals surface area contributed by atoms with Crippen molar-refractivity contribution in [3.63, 3.8) is 0 Å². The molecule has 3 aromatic rings. The maximum Gasteiger partial charge on any atom is 0.227 e. The molecule has 1 aromatic carbocycles. The van der Waals surface area contributed by atoms with Crippen molar-refractivity contribution in [1.82, 2.24) is 30.8 Å². The quantitative estimate of drug-likeness (QED) is 0.556. The molecule has 1 fully saturated rings. The van der Waals surface area contributed by atoms with Crippen LogP contribution in [0.5, 0.6) is 5.75 Å². The number of amides is 1. The van der Waals surface area contributed by atoms with Crippen LogP contribution in [0.2, 0.25) is 0 Å². The fourth-order valence-electron chi connectivity index (χ4n) is 3.94. The van der Waals surface area contributed by atoms with Crippen LogP contribution in [0.15, 0.2) is 48.7 Å². The Morgan fingerprint density at radius 2 is 2.03 bits per heavy atom. The molecular formula is C22H28N6O2. The molecule has 3 atom stereocenters. The number of nitrogens with one attached hydrogen (secondary N) is 3. The summed E-state index contributed by atoms with van der Waals surface area (Å²) in [5.74, 6) is 1.69. The maximum atomic E-state index is 13.3. The summed E-state index contributed by atoms with van der Waals surface area (Å²) >= 11 is 0. The zero-order valence-corrected chi connectivity index (χ0v) is 17.5. The van der Waals surface area contributed by atoms with Crippen molar-refractivity contribution < 1.29 is 9.53 Å². The number of nitrogens with zero attached hydrogens (tertiary/aromatic N) is 3. The van der Waals surface area contributed by atoms with Gasteiger partial charge < -0.3 is 10.1 Å². The van der Waals surface area contributed by atoms with Crippen LogP contribution in [0.25, 0.3) is 5.65 Å². The monoisotopic (exact) mass is 408 g/mol. The van der Waals surface area contributed by atoms with Gasteiger partial charge in [-0.15, -0.1) is 10.2 Å². The first-order valence-electron chi connectivity index (χ1n) is 10.3. The summed E-state index contributed by atoms with van der Waals surface area (Å²) in [6, 6.07) is 13.2. The van der Waals surface area contributed by atoms with Gasteiger partial charge in [-0.05, 0) is 42.2 Å². The van der Waals surface area contributed by atoms with Crippen LogP contribution >= 0.6 is 0 Å². The van der Waals surface area contributed by atoms with E-state index < -0.39 is 0 Å². The van der Waals surface area contributed by atoms with E-state index in [-0.39, 0.29) is 23.9 Å². The van der Waals surface area contributed by atoms with Crippen LogP contribution in [0.3, 0.4) is 0 Å². The number of carbonyl (C=O) groups excluding carboxylic acids is 1. The highest BCUT2D eigenvalue weighted by molar-refractivity contribution is 5.80. The summed E-state index contributed by atoms with van der Waals surface area (Å²) in [6.07, 6.45) is 2.71. The van der Waals surface area contributed by atoms with Gasteiger partial charge in [0.05, 0.1) is 25.1 Å². The minimum atomic E-state index is -0.243. The molecule has 1 aliphatic heterocycles. The van der Waals surface area contributed by atoms with Gasteiger partial charge in [-0.1, -0.05) is 32.0 Å². The number of ether oxygens (including phenoxy) is 1. The molecular weight excluding hydrogens is 380 g/mol. The number of methoxy groups -OCH3 is 1. The third-order valence-corrected chi connectivity index (χ3v) is 5.47. The van der Waals surface area contributed by atoms with Crippen molar-refractivity contribution in [2.75, 3.05) is 13.7 Å². The number of hydrogen-bond acceptors (Lipinski definition) is 6.